The number of benzene rings is 1. The van der Waals surface area contributed by atoms with Gasteiger partial charge in [0, 0.05) is 11.3 Å². The van der Waals surface area contributed by atoms with E-state index in [1.807, 2.05) is 17.5 Å². The van der Waals surface area contributed by atoms with Crippen LogP contribution >= 0.6 is 11.3 Å². The first-order valence-electron chi connectivity index (χ1n) is 6.01. The Morgan fingerprint density at radius 3 is 3.05 bits per heavy atom. The van der Waals surface area contributed by atoms with Crippen LogP contribution in [-0.2, 0) is 6.42 Å². The first kappa shape index (κ1) is 12.7. The smallest absolute Gasteiger partial charge is 0.394 e. The number of aromatic carboxylic acids is 1. The maximum absolute atomic E-state index is 10.9. The van der Waals surface area contributed by atoms with Crippen molar-refractivity contribution >= 4 is 28.4 Å². The molecule has 1 N–H and O–H groups in total. The maximum Gasteiger partial charge on any atom is 0.394 e. The van der Waals surface area contributed by atoms with Crippen LogP contribution in [-0.4, -0.2) is 22.7 Å². The summed E-state index contributed by atoms with van der Waals surface area (Å²) in [6, 6.07) is 8.57. The molecule has 0 bridgehead atoms. The number of fused-ring (bicyclic) bond motifs is 1. The number of thiophene rings is 1. The Kier molecular flexibility index (Phi) is 3.39. The molecule has 2 aromatic heterocycles. The van der Waals surface area contributed by atoms with Crippen molar-refractivity contribution < 1.29 is 19.1 Å². The predicted molar refractivity (Wildman–Crippen MR) is 74.5 cm³/mol. The molecule has 0 spiro atoms. The van der Waals surface area contributed by atoms with Crippen molar-refractivity contribution in [3.63, 3.8) is 0 Å². The van der Waals surface area contributed by atoms with Crippen molar-refractivity contribution in [3.05, 3.63) is 46.2 Å². The van der Waals surface area contributed by atoms with E-state index in [0.717, 1.165) is 6.42 Å². The highest BCUT2D eigenvalue weighted by atomic mass is 32.1. The van der Waals surface area contributed by atoms with Crippen LogP contribution in [0.15, 0.2) is 40.1 Å². The maximum atomic E-state index is 10.9. The van der Waals surface area contributed by atoms with E-state index in [4.69, 9.17) is 14.3 Å². The molecule has 0 aliphatic heterocycles. The summed E-state index contributed by atoms with van der Waals surface area (Å²) in [7, 11) is 0. The third kappa shape index (κ3) is 2.65. The number of hydrogen-bond acceptors (Lipinski definition) is 5. The van der Waals surface area contributed by atoms with Crippen LogP contribution in [0.5, 0.6) is 6.08 Å². The average Bonchev–Trinajstić information content (AvgIpc) is 3.06. The van der Waals surface area contributed by atoms with Gasteiger partial charge in [-0.05, 0) is 29.6 Å². The number of aromatic nitrogens is 1. The van der Waals surface area contributed by atoms with Gasteiger partial charge < -0.3 is 14.3 Å². The summed E-state index contributed by atoms with van der Waals surface area (Å²) < 4.78 is 10.8. The van der Waals surface area contributed by atoms with E-state index in [1.54, 1.807) is 17.4 Å². The van der Waals surface area contributed by atoms with Crippen LogP contribution in [0.25, 0.3) is 11.1 Å². The molecule has 0 aliphatic carbocycles. The number of nitrogens with zero attached hydrogens (tertiary/aromatic N) is 1. The molecule has 5 nitrogen and oxygen atoms in total. The van der Waals surface area contributed by atoms with Crippen LogP contribution < -0.4 is 4.74 Å². The third-order valence-electron chi connectivity index (χ3n) is 2.77. The highest BCUT2D eigenvalue weighted by molar-refractivity contribution is 7.09. The number of hydrogen-bond donors (Lipinski definition) is 1. The van der Waals surface area contributed by atoms with Gasteiger partial charge in [0.2, 0.25) is 0 Å². The molecule has 0 saturated carbocycles. The van der Waals surface area contributed by atoms with Gasteiger partial charge in [-0.3, -0.25) is 0 Å². The summed E-state index contributed by atoms with van der Waals surface area (Å²) >= 11 is 1.67. The molecular formula is C14H11NO4S. The SMILES string of the molecule is O=C(O)c1ccc2nc(OCCc3cccs3)oc2c1. The molecule has 3 aromatic rings. The second kappa shape index (κ2) is 5.34. The molecule has 102 valence electrons. The largest absolute Gasteiger partial charge is 0.478 e. The van der Waals surface area contributed by atoms with Crippen LogP contribution in [0.4, 0.5) is 0 Å². The first-order chi connectivity index (χ1) is 9.72. The molecule has 0 amide bonds. The minimum atomic E-state index is -0.997. The molecule has 1 aromatic carbocycles. The number of oxazole rings is 1. The van der Waals surface area contributed by atoms with Gasteiger partial charge in [-0.1, -0.05) is 6.07 Å². The van der Waals surface area contributed by atoms with Gasteiger partial charge in [-0.2, -0.15) is 4.98 Å². The van der Waals surface area contributed by atoms with Crippen LogP contribution in [0.3, 0.4) is 0 Å². The summed E-state index contributed by atoms with van der Waals surface area (Å²) in [6.07, 6.45) is 0.954. The Bertz CT molecular complexity index is 733. The second-order valence-corrected chi connectivity index (χ2v) is 5.18. The van der Waals surface area contributed by atoms with Crippen molar-refractivity contribution in [2.45, 2.75) is 6.42 Å². The van der Waals surface area contributed by atoms with E-state index < -0.39 is 5.97 Å². The van der Waals surface area contributed by atoms with Crippen molar-refractivity contribution in [2.75, 3.05) is 6.61 Å². The standard InChI is InChI=1S/C14H11NO4S/c16-13(17)9-3-4-11-12(8-9)19-14(15-11)18-6-5-10-2-1-7-20-10/h1-4,7-8H,5-6H2,(H,16,17). The molecule has 0 saturated heterocycles. The van der Waals surface area contributed by atoms with Crippen molar-refractivity contribution in [2.24, 2.45) is 0 Å². The average molecular weight is 289 g/mol. The Hall–Kier alpha value is -2.34. The fourth-order valence-corrected chi connectivity index (χ4v) is 2.48. The van der Waals surface area contributed by atoms with Gasteiger partial charge in [-0.25, -0.2) is 4.79 Å². The number of carboxylic acids is 1. The molecule has 2 heterocycles. The highest BCUT2D eigenvalue weighted by Gasteiger charge is 2.10. The molecule has 0 unspecified atom stereocenters. The fourth-order valence-electron chi connectivity index (χ4n) is 1.79. The first-order valence-corrected chi connectivity index (χ1v) is 6.89. The van der Waals surface area contributed by atoms with Crippen molar-refractivity contribution in [1.29, 1.82) is 0 Å². The van der Waals surface area contributed by atoms with Crippen LogP contribution in [0.1, 0.15) is 15.2 Å². The fraction of sp³-hybridized carbons (Fsp3) is 0.143. The lowest BCUT2D eigenvalue weighted by atomic mass is 10.2. The van der Waals surface area contributed by atoms with E-state index in [2.05, 4.69) is 4.98 Å². The zero-order valence-electron chi connectivity index (χ0n) is 10.4. The second-order valence-electron chi connectivity index (χ2n) is 4.15. The summed E-state index contributed by atoms with van der Waals surface area (Å²) in [5, 5.41) is 10.9. The number of carbonyl (C=O) groups is 1. The normalized spacial score (nSPS) is 10.8. The number of rotatable bonds is 5. The number of ether oxygens (including phenoxy) is 1. The zero-order chi connectivity index (χ0) is 13.9. The summed E-state index contributed by atoms with van der Waals surface area (Å²) in [4.78, 5) is 16.2. The van der Waals surface area contributed by atoms with Crippen LogP contribution in [0.2, 0.25) is 0 Å². The summed E-state index contributed by atoms with van der Waals surface area (Å²) in [5.41, 5.74) is 1.16. The van der Waals surface area contributed by atoms with E-state index in [9.17, 15) is 4.79 Å². The topological polar surface area (TPSA) is 72.6 Å². The van der Waals surface area contributed by atoms with Gasteiger partial charge in [0.15, 0.2) is 5.58 Å². The van der Waals surface area contributed by atoms with Crippen molar-refractivity contribution in [1.82, 2.24) is 4.98 Å². The highest BCUT2D eigenvalue weighted by Crippen LogP contribution is 2.22. The van der Waals surface area contributed by atoms with Gasteiger partial charge in [0.1, 0.15) is 5.52 Å². The van der Waals surface area contributed by atoms with Crippen LogP contribution in [0, 0.1) is 0 Å². The van der Waals surface area contributed by atoms with Gasteiger partial charge >= 0.3 is 12.0 Å². The Balaban J connectivity index is 1.70. The zero-order valence-corrected chi connectivity index (χ0v) is 11.2. The molecule has 0 atom stereocenters. The molecule has 0 aliphatic rings. The van der Waals surface area contributed by atoms with Gasteiger partial charge in [-0.15, -0.1) is 11.3 Å². The lowest BCUT2D eigenvalue weighted by molar-refractivity contribution is 0.0697. The molecule has 0 radical (unpaired) electrons. The quantitative estimate of drug-likeness (QED) is 0.780. The van der Waals surface area contributed by atoms with E-state index >= 15 is 0 Å². The molecular weight excluding hydrogens is 278 g/mol. The van der Waals surface area contributed by atoms with Gasteiger partial charge in [0.25, 0.3) is 0 Å². The minimum absolute atomic E-state index is 0.166. The predicted octanol–water partition coefficient (Wildman–Crippen LogP) is 3.21. The summed E-state index contributed by atoms with van der Waals surface area (Å²) in [6.45, 7) is 0.471. The molecule has 0 fully saturated rings. The lowest BCUT2D eigenvalue weighted by Crippen LogP contribution is -1.99. The van der Waals surface area contributed by atoms with E-state index in [-0.39, 0.29) is 11.6 Å². The van der Waals surface area contributed by atoms with Gasteiger partial charge in [0.05, 0.1) is 12.2 Å². The molecule has 3 rings (SSSR count). The lowest BCUT2D eigenvalue weighted by Gasteiger charge is -1.98. The van der Waals surface area contributed by atoms with Crippen molar-refractivity contribution in [3.8, 4) is 6.08 Å². The molecule has 20 heavy (non-hydrogen) atoms. The Morgan fingerprint density at radius 1 is 1.40 bits per heavy atom. The monoisotopic (exact) mass is 289 g/mol. The minimum Gasteiger partial charge on any atom is -0.478 e. The van der Waals surface area contributed by atoms with E-state index in [0.29, 0.717) is 17.7 Å². The van der Waals surface area contributed by atoms with E-state index in [1.165, 1.54) is 17.0 Å². The Morgan fingerprint density at radius 2 is 2.30 bits per heavy atom. The number of carboxylic acid groups (broad SMARTS) is 1. The Labute approximate surface area is 118 Å². The molecule has 6 heteroatoms. The third-order valence-corrected chi connectivity index (χ3v) is 3.71. The summed E-state index contributed by atoms with van der Waals surface area (Å²) in [5.74, 6) is -0.997.